The van der Waals surface area contributed by atoms with Crippen molar-refractivity contribution in [2.75, 3.05) is 19.8 Å². The van der Waals surface area contributed by atoms with Crippen LogP contribution in [0.25, 0.3) is 0 Å². The first-order valence-corrected chi connectivity index (χ1v) is 19.2. The van der Waals surface area contributed by atoms with Gasteiger partial charge in [0, 0.05) is 5.92 Å². The van der Waals surface area contributed by atoms with E-state index in [4.69, 9.17) is 33.2 Å². The zero-order chi connectivity index (χ0) is 37.0. The quantitative estimate of drug-likeness (QED) is 0.0704. The van der Waals surface area contributed by atoms with E-state index in [1.807, 2.05) is 91.0 Å². The second-order valence-electron chi connectivity index (χ2n) is 13.7. The van der Waals surface area contributed by atoms with Gasteiger partial charge in [0.05, 0.1) is 65.1 Å². The fourth-order valence-corrected chi connectivity index (χ4v) is 6.68. The van der Waals surface area contributed by atoms with Crippen LogP contribution in [0, 0.1) is 5.92 Å². The molecule has 1 heterocycles. The van der Waals surface area contributed by atoms with Gasteiger partial charge >= 0.3 is 0 Å². The molecule has 7 nitrogen and oxygen atoms in total. The van der Waals surface area contributed by atoms with E-state index in [-0.39, 0.29) is 12.0 Å². The van der Waals surface area contributed by atoms with Crippen LogP contribution in [0.5, 0.6) is 0 Å². The van der Waals surface area contributed by atoms with E-state index in [9.17, 15) is 0 Å². The molecule has 6 rings (SSSR count). The van der Waals surface area contributed by atoms with Gasteiger partial charge in [-0.1, -0.05) is 159 Å². The van der Waals surface area contributed by atoms with Gasteiger partial charge in [0.25, 0.3) is 0 Å². The van der Waals surface area contributed by atoms with Gasteiger partial charge in [-0.3, -0.25) is 0 Å². The molecule has 0 saturated carbocycles. The van der Waals surface area contributed by atoms with Crippen LogP contribution < -0.4 is 0 Å². The molecule has 5 aromatic rings. The standard InChI is InChI=1S/C47H54O7/c1-2-42(51-32-39-22-12-5-13-23-39)28-29-50-47-46(53-34-41-26-16-7-17-27-41)43(35-48-30-37-18-8-3-9-19-37)45(52-33-40-24-14-6-15-25-40)44(54-47)36-49-31-38-20-10-4-11-21-38/h3-27,42-47H,2,28-36H2,1H3/t42-,43?,44?,45-,46?,47+/m1/s1. The third kappa shape index (κ3) is 12.7. The molecule has 3 unspecified atom stereocenters. The number of hydrogen-bond donors (Lipinski definition) is 0. The van der Waals surface area contributed by atoms with Crippen molar-refractivity contribution >= 4 is 0 Å². The third-order valence-corrected chi connectivity index (χ3v) is 9.68. The lowest BCUT2D eigenvalue weighted by Gasteiger charge is -2.46. The zero-order valence-electron chi connectivity index (χ0n) is 31.3. The molecule has 54 heavy (non-hydrogen) atoms. The normalized spacial score (nSPS) is 20.4. The number of hydrogen-bond acceptors (Lipinski definition) is 7. The fourth-order valence-electron chi connectivity index (χ4n) is 6.68. The summed E-state index contributed by atoms with van der Waals surface area (Å²) in [4.78, 5) is 0. The zero-order valence-corrected chi connectivity index (χ0v) is 31.3. The average Bonchev–Trinajstić information content (AvgIpc) is 3.23. The Hall–Kier alpha value is -4.18. The highest BCUT2D eigenvalue weighted by atomic mass is 16.7. The first kappa shape index (κ1) is 39.5. The van der Waals surface area contributed by atoms with Crippen LogP contribution in [0.15, 0.2) is 152 Å². The van der Waals surface area contributed by atoms with E-state index in [0.717, 1.165) is 34.2 Å². The van der Waals surface area contributed by atoms with Gasteiger partial charge < -0.3 is 33.2 Å². The predicted octanol–water partition coefficient (Wildman–Crippen LogP) is 9.33. The number of ether oxygens (including phenoxy) is 7. The average molecular weight is 731 g/mol. The fraction of sp³-hybridized carbons (Fsp3) is 0.362. The maximum Gasteiger partial charge on any atom is 0.184 e. The van der Waals surface area contributed by atoms with Crippen LogP contribution in [0.4, 0.5) is 0 Å². The van der Waals surface area contributed by atoms with E-state index in [1.165, 1.54) is 0 Å². The summed E-state index contributed by atoms with van der Waals surface area (Å²) in [6.07, 6.45) is -0.404. The van der Waals surface area contributed by atoms with Gasteiger partial charge in [0.1, 0.15) is 12.2 Å². The smallest absolute Gasteiger partial charge is 0.184 e. The maximum atomic E-state index is 6.87. The molecule has 0 aromatic heterocycles. The minimum Gasteiger partial charge on any atom is -0.376 e. The Labute approximate surface area is 321 Å². The van der Waals surface area contributed by atoms with Crippen molar-refractivity contribution in [1.82, 2.24) is 0 Å². The second kappa shape index (κ2) is 22.3. The Morgan fingerprint density at radius 1 is 0.481 bits per heavy atom. The molecule has 6 atom stereocenters. The molecule has 284 valence electrons. The minimum atomic E-state index is -0.687. The Morgan fingerprint density at radius 3 is 1.39 bits per heavy atom. The van der Waals surface area contributed by atoms with Crippen LogP contribution in [-0.4, -0.2) is 50.5 Å². The van der Waals surface area contributed by atoms with Gasteiger partial charge in [0.15, 0.2) is 6.29 Å². The summed E-state index contributed by atoms with van der Waals surface area (Å²) in [5.74, 6) is -0.235. The summed E-state index contributed by atoms with van der Waals surface area (Å²) in [7, 11) is 0. The molecule has 7 heteroatoms. The molecule has 0 aliphatic carbocycles. The molecule has 0 radical (unpaired) electrons. The van der Waals surface area contributed by atoms with Crippen LogP contribution in [-0.2, 0) is 66.2 Å². The minimum absolute atomic E-state index is 0.0365. The van der Waals surface area contributed by atoms with Crippen LogP contribution in [0.1, 0.15) is 47.6 Å². The van der Waals surface area contributed by atoms with E-state index < -0.39 is 24.6 Å². The van der Waals surface area contributed by atoms with E-state index in [1.54, 1.807) is 0 Å². The summed E-state index contributed by atoms with van der Waals surface area (Å²) in [5, 5.41) is 0. The largest absolute Gasteiger partial charge is 0.376 e. The van der Waals surface area contributed by atoms with E-state index in [2.05, 4.69) is 67.6 Å². The van der Waals surface area contributed by atoms with Crippen molar-refractivity contribution in [3.63, 3.8) is 0 Å². The van der Waals surface area contributed by atoms with Crippen molar-refractivity contribution in [3.05, 3.63) is 179 Å². The highest BCUT2D eigenvalue weighted by molar-refractivity contribution is 5.17. The van der Waals surface area contributed by atoms with Crippen LogP contribution in [0.2, 0.25) is 0 Å². The molecule has 0 amide bonds. The Morgan fingerprint density at radius 2 is 0.907 bits per heavy atom. The summed E-state index contributed by atoms with van der Waals surface area (Å²) in [6.45, 7) is 5.56. The summed E-state index contributed by atoms with van der Waals surface area (Å²) < 4.78 is 46.3. The SMILES string of the molecule is CC[C@H](CCO[C@H]1OC(COCc2ccccc2)[C@H](OCc2ccccc2)C(COCc2ccccc2)C1OCc1ccccc1)OCc1ccccc1. The molecule has 5 aromatic carbocycles. The lowest BCUT2D eigenvalue weighted by molar-refractivity contribution is -0.315. The topological polar surface area (TPSA) is 64.6 Å². The van der Waals surface area contributed by atoms with Gasteiger partial charge in [-0.2, -0.15) is 0 Å². The second-order valence-corrected chi connectivity index (χ2v) is 13.7. The van der Waals surface area contributed by atoms with Gasteiger partial charge in [0.2, 0.25) is 0 Å². The first-order valence-electron chi connectivity index (χ1n) is 19.2. The van der Waals surface area contributed by atoms with Crippen molar-refractivity contribution in [2.45, 2.75) is 83.5 Å². The predicted molar refractivity (Wildman–Crippen MR) is 210 cm³/mol. The highest BCUT2D eigenvalue weighted by Gasteiger charge is 2.48. The Kier molecular flexibility index (Phi) is 16.3. The Bertz CT molecular complexity index is 1690. The van der Waals surface area contributed by atoms with E-state index in [0.29, 0.717) is 59.3 Å². The summed E-state index contributed by atoms with van der Waals surface area (Å²) >= 11 is 0. The highest BCUT2D eigenvalue weighted by Crippen LogP contribution is 2.34. The van der Waals surface area contributed by atoms with Crippen molar-refractivity contribution in [1.29, 1.82) is 0 Å². The molecule has 0 N–H and O–H groups in total. The first-order chi connectivity index (χ1) is 26.7. The van der Waals surface area contributed by atoms with Crippen molar-refractivity contribution < 1.29 is 33.2 Å². The third-order valence-electron chi connectivity index (χ3n) is 9.68. The van der Waals surface area contributed by atoms with Gasteiger partial charge in [-0.05, 0) is 40.7 Å². The molecule has 1 fully saturated rings. The molecule has 1 aliphatic rings. The number of rotatable bonds is 22. The number of benzene rings is 5. The van der Waals surface area contributed by atoms with Crippen molar-refractivity contribution in [2.24, 2.45) is 5.92 Å². The molecular weight excluding hydrogens is 677 g/mol. The summed E-state index contributed by atoms with van der Waals surface area (Å²) in [5.41, 5.74) is 5.49. The summed E-state index contributed by atoms with van der Waals surface area (Å²) in [6, 6.07) is 51.1. The molecule has 0 bridgehead atoms. The molecule has 1 aliphatic heterocycles. The lowest BCUT2D eigenvalue weighted by Crippen LogP contribution is -2.59. The monoisotopic (exact) mass is 730 g/mol. The molecule has 0 spiro atoms. The van der Waals surface area contributed by atoms with Gasteiger partial charge in [-0.15, -0.1) is 0 Å². The maximum absolute atomic E-state index is 6.87. The molecule has 1 saturated heterocycles. The van der Waals surface area contributed by atoms with Gasteiger partial charge in [-0.25, -0.2) is 0 Å². The van der Waals surface area contributed by atoms with Crippen LogP contribution >= 0.6 is 0 Å². The van der Waals surface area contributed by atoms with E-state index >= 15 is 0 Å². The molecular formula is C47H54O7. The lowest BCUT2D eigenvalue weighted by atomic mass is 9.89. The van der Waals surface area contributed by atoms with Crippen molar-refractivity contribution in [3.8, 4) is 0 Å². The Balaban J connectivity index is 1.23. The van der Waals surface area contributed by atoms with Crippen LogP contribution in [0.3, 0.4) is 0 Å².